The molecule has 0 bridgehead atoms. The number of methoxy groups -OCH3 is 1. The lowest BCUT2D eigenvalue weighted by Crippen LogP contribution is -2.24. The van der Waals surface area contributed by atoms with Gasteiger partial charge in [0, 0.05) is 43.2 Å². The van der Waals surface area contributed by atoms with Gasteiger partial charge in [-0.3, -0.25) is 19.6 Å². The van der Waals surface area contributed by atoms with Crippen molar-refractivity contribution in [1.29, 1.82) is 0 Å². The lowest BCUT2D eigenvalue weighted by atomic mass is 10.2. The monoisotopic (exact) mass is 473 g/mol. The standard InChI is InChI=1S/C21H23N5O6S/c1-32-20-9-6-17(26(28)29)14-19(20)24-33(30,31)18-7-4-16(5-8-18)21(27)23-10-2-3-12-25-13-11-22-15-25/h4-9,11,13-15,24H,2-3,10,12H2,1H3,(H,23,27). The number of carbonyl (C=O) groups is 1. The Balaban J connectivity index is 1.59. The van der Waals surface area contributed by atoms with Crippen LogP contribution in [0.25, 0.3) is 0 Å². The number of carbonyl (C=O) groups excluding carboxylic acids is 1. The average molecular weight is 474 g/mol. The molecule has 0 fully saturated rings. The molecule has 2 aromatic carbocycles. The number of aromatic nitrogens is 2. The molecule has 0 aliphatic rings. The van der Waals surface area contributed by atoms with Gasteiger partial charge in [-0.1, -0.05) is 0 Å². The van der Waals surface area contributed by atoms with Gasteiger partial charge in [-0.2, -0.15) is 0 Å². The first-order chi connectivity index (χ1) is 15.8. The molecule has 3 rings (SSSR count). The molecule has 1 aromatic heterocycles. The van der Waals surface area contributed by atoms with Crippen LogP contribution in [0.15, 0.2) is 66.1 Å². The van der Waals surface area contributed by atoms with Gasteiger partial charge in [0.05, 0.1) is 28.9 Å². The third-order valence-corrected chi connectivity index (χ3v) is 6.13. The van der Waals surface area contributed by atoms with Crippen LogP contribution in [0.2, 0.25) is 0 Å². The number of amides is 1. The minimum absolute atomic E-state index is 0.0655. The van der Waals surface area contributed by atoms with Crippen molar-refractivity contribution in [2.45, 2.75) is 24.3 Å². The number of unbranched alkanes of at least 4 members (excludes halogenated alkanes) is 1. The molecule has 174 valence electrons. The number of hydrogen-bond donors (Lipinski definition) is 2. The Morgan fingerprint density at radius 1 is 1.18 bits per heavy atom. The average Bonchev–Trinajstić information content (AvgIpc) is 3.32. The number of nitrogens with one attached hydrogen (secondary N) is 2. The number of rotatable bonds is 11. The lowest BCUT2D eigenvalue weighted by Gasteiger charge is -2.12. The van der Waals surface area contributed by atoms with Gasteiger partial charge in [-0.05, 0) is 43.2 Å². The Bertz CT molecular complexity index is 1210. The third-order valence-electron chi connectivity index (χ3n) is 4.75. The number of nitro groups is 1. The lowest BCUT2D eigenvalue weighted by molar-refractivity contribution is -0.384. The summed E-state index contributed by atoms with van der Waals surface area (Å²) in [5.41, 5.74) is -0.0359. The maximum atomic E-state index is 12.7. The zero-order valence-corrected chi connectivity index (χ0v) is 18.6. The van der Waals surface area contributed by atoms with Crippen molar-refractivity contribution < 1.29 is 22.9 Å². The number of ether oxygens (including phenoxy) is 1. The third kappa shape index (κ3) is 6.29. The van der Waals surface area contributed by atoms with Crippen molar-refractivity contribution in [2.75, 3.05) is 18.4 Å². The van der Waals surface area contributed by atoms with Gasteiger partial charge < -0.3 is 14.6 Å². The predicted octanol–water partition coefficient (Wildman–Crippen LogP) is 2.81. The van der Waals surface area contributed by atoms with Crippen LogP contribution in [-0.4, -0.2) is 42.5 Å². The zero-order chi connectivity index (χ0) is 23.8. The van der Waals surface area contributed by atoms with Gasteiger partial charge in [0.2, 0.25) is 0 Å². The van der Waals surface area contributed by atoms with E-state index in [9.17, 15) is 23.3 Å². The van der Waals surface area contributed by atoms with Gasteiger partial charge in [0.15, 0.2) is 0 Å². The molecule has 33 heavy (non-hydrogen) atoms. The van der Waals surface area contributed by atoms with Crippen LogP contribution in [0.4, 0.5) is 11.4 Å². The maximum Gasteiger partial charge on any atom is 0.271 e. The molecular formula is C21H23N5O6S. The molecule has 0 saturated carbocycles. The first kappa shape index (κ1) is 23.7. The fourth-order valence-corrected chi connectivity index (χ4v) is 4.08. The highest BCUT2D eigenvalue weighted by molar-refractivity contribution is 7.92. The summed E-state index contributed by atoms with van der Waals surface area (Å²) in [6, 6.07) is 8.98. The van der Waals surface area contributed by atoms with Crippen molar-refractivity contribution in [1.82, 2.24) is 14.9 Å². The molecule has 2 N–H and O–H groups in total. The van der Waals surface area contributed by atoms with Gasteiger partial charge in [-0.25, -0.2) is 13.4 Å². The Labute approximate surface area is 190 Å². The summed E-state index contributed by atoms with van der Waals surface area (Å²) in [6.07, 6.45) is 6.98. The van der Waals surface area contributed by atoms with Crippen molar-refractivity contribution in [2.24, 2.45) is 0 Å². The second-order valence-electron chi connectivity index (χ2n) is 7.04. The van der Waals surface area contributed by atoms with Crippen LogP contribution in [0.1, 0.15) is 23.2 Å². The number of imidazole rings is 1. The molecule has 0 saturated heterocycles. The molecule has 0 aliphatic heterocycles. The van der Waals surface area contributed by atoms with Gasteiger partial charge in [-0.15, -0.1) is 0 Å². The van der Waals surface area contributed by atoms with E-state index in [0.29, 0.717) is 12.1 Å². The number of hydrogen-bond acceptors (Lipinski definition) is 7. The van der Waals surface area contributed by atoms with Gasteiger partial charge in [0.25, 0.3) is 21.6 Å². The molecule has 1 heterocycles. The van der Waals surface area contributed by atoms with Crippen LogP contribution >= 0.6 is 0 Å². The van der Waals surface area contributed by atoms with Crippen LogP contribution in [0, 0.1) is 10.1 Å². The second-order valence-corrected chi connectivity index (χ2v) is 8.72. The van der Waals surface area contributed by atoms with E-state index in [1.54, 1.807) is 12.5 Å². The second kappa shape index (κ2) is 10.6. The smallest absolute Gasteiger partial charge is 0.271 e. The van der Waals surface area contributed by atoms with Crippen LogP contribution < -0.4 is 14.8 Å². The van der Waals surface area contributed by atoms with Gasteiger partial charge >= 0.3 is 0 Å². The highest BCUT2D eigenvalue weighted by atomic mass is 32.2. The first-order valence-corrected chi connectivity index (χ1v) is 11.5. The Hall–Kier alpha value is -3.93. The van der Waals surface area contributed by atoms with E-state index in [0.717, 1.165) is 25.5 Å². The van der Waals surface area contributed by atoms with Crippen molar-refractivity contribution in [3.8, 4) is 5.75 Å². The molecule has 0 unspecified atom stereocenters. The number of non-ortho nitro benzene ring substituents is 1. The molecule has 1 amide bonds. The highest BCUT2D eigenvalue weighted by Gasteiger charge is 2.19. The van der Waals surface area contributed by atoms with E-state index >= 15 is 0 Å². The van der Waals surface area contributed by atoms with E-state index in [1.165, 1.54) is 43.5 Å². The molecule has 3 aromatic rings. The number of anilines is 1. The SMILES string of the molecule is COc1ccc([N+](=O)[O-])cc1NS(=O)(=O)c1ccc(C(=O)NCCCCn2ccnc2)cc1. The first-order valence-electron chi connectivity index (χ1n) is 9.99. The summed E-state index contributed by atoms with van der Waals surface area (Å²) in [5, 5.41) is 13.8. The number of benzene rings is 2. The predicted molar refractivity (Wildman–Crippen MR) is 121 cm³/mol. The molecule has 11 nitrogen and oxygen atoms in total. The molecule has 12 heteroatoms. The van der Waals surface area contributed by atoms with E-state index in [-0.39, 0.29) is 27.9 Å². The Morgan fingerprint density at radius 3 is 2.58 bits per heavy atom. The largest absolute Gasteiger partial charge is 0.495 e. The number of aryl methyl sites for hydroxylation is 1. The fourth-order valence-electron chi connectivity index (χ4n) is 3.02. The number of nitro benzene ring substituents is 1. The minimum atomic E-state index is -4.07. The number of sulfonamides is 1. The molecular weight excluding hydrogens is 450 g/mol. The summed E-state index contributed by atoms with van der Waals surface area (Å²) >= 11 is 0. The minimum Gasteiger partial charge on any atom is -0.495 e. The van der Waals surface area contributed by atoms with Gasteiger partial charge in [0.1, 0.15) is 5.75 Å². The van der Waals surface area contributed by atoms with Crippen LogP contribution in [0.5, 0.6) is 5.75 Å². The summed E-state index contributed by atoms with van der Waals surface area (Å²) in [4.78, 5) is 26.5. The quantitative estimate of drug-likeness (QED) is 0.247. The Kier molecular flexibility index (Phi) is 7.61. The van der Waals surface area contributed by atoms with Crippen molar-refractivity contribution in [3.05, 3.63) is 76.9 Å². The highest BCUT2D eigenvalue weighted by Crippen LogP contribution is 2.30. The van der Waals surface area contributed by atoms with E-state index in [4.69, 9.17) is 4.74 Å². The van der Waals surface area contributed by atoms with Crippen LogP contribution in [-0.2, 0) is 16.6 Å². The van der Waals surface area contributed by atoms with E-state index in [2.05, 4.69) is 15.0 Å². The van der Waals surface area contributed by atoms with E-state index < -0.39 is 14.9 Å². The maximum absolute atomic E-state index is 12.7. The topological polar surface area (TPSA) is 145 Å². The van der Waals surface area contributed by atoms with E-state index in [1.807, 2.05) is 10.8 Å². The normalized spacial score (nSPS) is 11.1. The summed E-state index contributed by atoms with van der Waals surface area (Å²) in [7, 11) is -2.74. The zero-order valence-electron chi connectivity index (χ0n) is 17.8. The summed E-state index contributed by atoms with van der Waals surface area (Å²) in [6.45, 7) is 1.30. The molecule has 0 radical (unpaired) electrons. The van der Waals surface area contributed by atoms with Crippen molar-refractivity contribution >= 4 is 27.3 Å². The number of nitrogens with zero attached hydrogens (tertiary/aromatic N) is 3. The van der Waals surface area contributed by atoms with Crippen LogP contribution in [0.3, 0.4) is 0 Å². The Morgan fingerprint density at radius 2 is 1.94 bits per heavy atom. The molecule has 0 aliphatic carbocycles. The summed E-state index contributed by atoms with van der Waals surface area (Å²) in [5.74, 6) is -0.178. The molecule has 0 spiro atoms. The fraction of sp³-hybridized carbons (Fsp3) is 0.238. The molecule has 0 atom stereocenters. The summed E-state index contributed by atoms with van der Waals surface area (Å²) < 4.78 is 34.8. The van der Waals surface area contributed by atoms with Crippen molar-refractivity contribution in [3.63, 3.8) is 0 Å².